The van der Waals surface area contributed by atoms with Crippen molar-refractivity contribution in [2.45, 2.75) is 0 Å². The van der Waals surface area contributed by atoms with Gasteiger partial charge in [0.25, 0.3) is 0 Å². The molecule has 0 saturated heterocycles. The van der Waals surface area contributed by atoms with E-state index in [9.17, 15) is 0 Å². The Morgan fingerprint density at radius 1 is 1.12 bits per heavy atom. The van der Waals surface area contributed by atoms with Gasteiger partial charge in [0, 0.05) is 46.8 Å². The molecule has 0 rings (SSSR count). The zero-order valence-electron chi connectivity index (χ0n) is 3.48. The van der Waals surface area contributed by atoms with Gasteiger partial charge in [-0.2, -0.15) is 0 Å². The molecule has 0 aromatic rings. The molecule has 0 aliphatic carbocycles. The van der Waals surface area contributed by atoms with Crippen molar-refractivity contribution in [2.75, 3.05) is 0 Å². The minimum absolute atomic E-state index is 0. The maximum atomic E-state index is 8.88. The fourth-order valence-electron chi connectivity index (χ4n) is 0. The van der Waals surface area contributed by atoms with E-state index in [-0.39, 0.29) is 84.5 Å². The standard InChI is InChI=1S/Ca.H3O4P.Tl.Zn.2H/c;1-5(2,3)4;;;;/h;(H3,1,2,3,4);;;;. The van der Waals surface area contributed by atoms with Gasteiger partial charge in [-0.3, -0.25) is 0 Å². The van der Waals surface area contributed by atoms with Crippen molar-refractivity contribution in [1.82, 2.24) is 0 Å². The van der Waals surface area contributed by atoms with Gasteiger partial charge in [-0.05, 0) is 0 Å². The first-order chi connectivity index (χ1) is 2.00. The Balaban J connectivity index is -0.0000000267. The van der Waals surface area contributed by atoms with E-state index in [1.807, 2.05) is 0 Å². The van der Waals surface area contributed by atoms with Crippen LogP contribution in [0.25, 0.3) is 0 Å². The summed E-state index contributed by atoms with van der Waals surface area (Å²) >= 11 is 0. The zero-order chi connectivity index (χ0) is 4.50. The van der Waals surface area contributed by atoms with Crippen LogP contribution in [0.4, 0.5) is 0 Å². The van der Waals surface area contributed by atoms with Gasteiger partial charge in [0.15, 0.2) is 0 Å². The first-order valence-corrected chi connectivity index (χ1v) is 2.35. The first kappa shape index (κ1) is 22.4. The molecule has 0 bridgehead atoms. The van der Waals surface area contributed by atoms with E-state index in [0.29, 0.717) is 0 Å². The molecule has 0 unspecified atom stereocenters. The smallest absolute Gasteiger partial charge is 0 e. The Bertz CT molecular complexity index is 62.2. The first-order valence-electron chi connectivity index (χ1n) is 0.783. The van der Waals surface area contributed by atoms with Crippen LogP contribution < -0.4 is 0 Å². The van der Waals surface area contributed by atoms with Crippen LogP contribution in [0.2, 0.25) is 0 Å². The molecule has 4 nitrogen and oxygen atoms in total. The maximum absolute atomic E-state index is 8.88. The third-order valence-electron chi connectivity index (χ3n) is 0. The fraction of sp³-hybridized carbons (Fsp3) is 0. The monoisotopic (exact) mass is 409 g/mol. The molecule has 0 fully saturated rings. The van der Waals surface area contributed by atoms with Gasteiger partial charge in [-0.15, -0.1) is 0 Å². The van der Waals surface area contributed by atoms with Gasteiger partial charge >= 0.3 is 45.6 Å². The van der Waals surface area contributed by atoms with Gasteiger partial charge in [-0.25, -0.2) is 4.57 Å². The Hall–Kier alpha value is 2.92. The largest absolute Gasteiger partial charge is 0 e. The molecular weight excluding hydrogens is 405 g/mol. The minimum atomic E-state index is -4.64. The van der Waals surface area contributed by atoms with Crippen LogP contribution in [-0.2, 0) is 24.0 Å². The molecule has 0 aliphatic heterocycles. The third-order valence-corrected chi connectivity index (χ3v) is 0. The van der Waals surface area contributed by atoms with E-state index >= 15 is 0 Å². The van der Waals surface area contributed by atoms with Gasteiger partial charge < -0.3 is 14.7 Å². The summed E-state index contributed by atoms with van der Waals surface area (Å²) in [5, 5.41) is 0. The quantitative estimate of drug-likeness (QED) is 0.313. The van der Waals surface area contributed by atoms with E-state index < -0.39 is 7.82 Å². The van der Waals surface area contributed by atoms with Crippen molar-refractivity contribution >= 4 is 72.9 Å². The zero-order valence-corrected chi connectivity index (χ0v) is 11.8. The summed E-state index contributed by atoms with van der Waals surface area (Å²) in [5.74, 6) is 0. The molecule has 0 aromatic heterocycles. The van der Waals surface area contributed by atoms with Crippen LogP contribution >= 0.6 is 7.82 Å². The Labute approximate surface area is 110 Å². The average molecular weight is 410 g/mol. The van der Waals surface area contributed by atoms with E-state index in [0.717, 1.165) is 0 Å². The summed E-state index contributed by atoms with van der Waals surface area (Å²) in [6, 6.07) is 0. The normalized spacial score (nSPS) is 7.38. The second-order valence-electron chi connectivity index (χ2n) is 0.513. The number of hydrogen-bond donors (Lipinski definition) is 3. The van der Waals surface area contributed by atoms with Crippen molar-refractivity contribution in [3.63, 3.8) is 0 Å². The summed E-state index contributed by atoms with van der Waals surface area (Å²) in [5.41, 5.74) is 0. The van der Waals surface area contributed by atoms with Crippen LogP contribution in [0.3, 0.4) is 0 Å². The van der Waals surface area contributed by atoms with Gasteiger partial charge in [0.05, 0.1) is 0 Å². The van der Waals surface area contributed by atoms with E-state index in [4.69, 9.17) is 19.2 Å². The van der Waals surface area contributed by atoms with Crippen LogP contribution in [0.5, 0.6) is 0 Å². The molecule has 41 valence electrons. The van der Waals surface area contributed by atoms with E-state index in [1.54, 1.807) is 0 Å². The van der Waals surface area contributed by atoms with Crippen LogP contribution in [0, 0.1) is 0 Å². The predicted molar refractivity (Wildman–Crippen MR) is 28.6 cm³/mol. The SMILES string of the molecule is O=P(O)(O)O.[CaH2].[Tl].[Zn]. The third kappa shape index (κ3) is 65.7. The molecule has 0 spiro atoms. The fourth-order valence-corrected chi connectivity index (χ4v) is 0. The van der Waals surface area contributed by atoms with Crippen LogP contribution in [0.1, 0.15) is 0 Å². The van der Waals surface area contributed by atoms with E-state index in [1.165, 1.54) is 0 Å². The van der Waals surface area contributed by atoms with Crippen molar-refractivity contribution < 1.29 is 38.7 Å². The molecule has 8 heteroatoms. The second-order valence-corrected chi connectivity index (χ2v) is 1.54. The molecule has 0 aromatic carbocycles. The van der Waals surface area contributed by atoms with Crippen molar-refractivity contribution in [1.29, 1.82) is 0 Å². The van der Waals surface area contributed by atoms with Crippen LogP contribution in [-0.4, -0.2) is 79.7 Å². The van der Waals surface area contributed by atoms with Crippen molar-refractivity contribution in [3.05, 3.63) is 0 Å². The van der Waals surface area contributed by atoms with Crippen molar-refractivity contribution in [3.8, 4) is 0 Å². The molecule has 0 heterocycles. The number of phosphoric acid groups is 1. The van der Waals surface area contributed by atoms with E-state index in [2.05, 4.69) is 0 Å². The summed E-state index contributed by atoms with van der Waals surface area (Å²) in [6.07, 6.45) is 0. The summed E-state index contributed by atoms with van der Waals surface area (Å²) in [7, 11) is -4.64. The molecular formula is H5CaO4PTlZn. The Kier molecular flexibility index (Phi) is 27.8. The van der Waals surface area contributed by atoms with Gasteiger partial charge in [0.2, 0.25) is 0 Å². The predicted octanol–water partition coefficient (Wildman–Crippen LogP) is -2.23. The molecule has 1 radical (unpaired) electrons. The summed E-state index contributed by atoms with van der Waals surface area (Å²) in [6.45, 7) is 0. The van der Waals surface area contributed by atoms with Gasteiger partial charge in [-0.1, -0.05) is 0 Å². The molecule has 8 heavy (non-hydrogen) atoms. The van der Waals surface area contributed by atoms with Gasteiger partial charge in [0.1, 0.15) is 0 Å². The summed E-state index contributed by atoms with van der Waals surface area (Å²) in [4.78, 5) is 21.6. The Morgan fingerprint density at radius 2 is 1.12 bits per heavy atom. The minimum Gasteiger partial charge on any atom is 0 e. The maximum Gasteiger partial charge on any atom is 0 e. The Morgan fingerprint density at radius 3 is 1.12 bits per heavy atom. The average Bonchev–Trinajstić information content (AvgIpc) is 0.722. The molecule has 0 atom stereocenters. The number of hydrogen-bond acceptors (Lipinski definition) is 1. The molecule has 0 saturated carbocycles. The molecule has 3 N–H and O–H groups in total. The topological polar surface area (TPSA) is 77.8 Å². The van der Waals surface area contributed by atoms with Crippen molar-refractivity contribution in [2.24, 2.45) is 0 Å². The number of rotatable bonds is 0. The molecule has 0 amide bonds. The van der Waals surface area contributed by atoms with Crippen LogP contribution in [0.15, 0.2) is 0 Å². The summed E-state index contributed by atoms with van der Waals surface area (Å²) < 4.78 is 8.88. The second kappa shape index (κ2) is 9.92. The molecule has 0 aliphatic rings.